The van der Waals surface area contributed by atoms with Gasteiger partial charge in [-0.1, -0.05) is 76.9 Å². The lowest BCUT2D eigenvalue weighted by Crippen LogP contribution is -2.38. The van der Waals surface area contributed by atoms with Crippen molar-refractivity contribution in [1.82, 2.24) is 0 Å². The van der Waals surface area contributed by atoms with Crippen LogP contribution >= 0.6 is 11.8 Å². The van der Waals surface area contributed by atoms with E-state index < -0.39 is 0 Å². The lowest BCUT2D eigenvalue weighted by Gasteiger charge is -2.44. The Labute approximate surface area is 182 Å². The lowest BCUT2D eigenvalue weighted by atomic mass is 9.66. The van der Waals surface area contributed by atoms with Gasteiger partial charge in [0, 0.05) is 11.7 Å². The Kier molecular flexibility index (Phi) is 7.73. The van der Waals surface area contributed by atoms with Crippen molar-refractivity contribution in [1.29, 1.82) is 0 Å². The van der Waals surface area contributed by atoms with Crippen LogP contribution in [0.15, 0.2) is 42.5 Å². The van der Waals surface area contributed by atoms with Gasteiger partial charge in [0.25, 0.3) is 0 Å². The molecule has 0 saturated heterocycles. The summed E-state index contributed by atoms with van der Waals surface area (Å²) in [7, 11) is 0. The van der Waals surface area contributed by atoms with E-state index in [0.717, 1.165) is 35.5 Å². The third-order valence-electron chi connectivity index (χ3n) is 7.29. The molecule has 1 N–H and O–H groups in total. The highest BCUT2D eigenvalue weighted by atomic mass is 32.2. The average Bonchev–Trinajstić information content (AvgIpc) is 2.73. The minimum Gasteiger partial charge on any atom is -0.508 e. The molecule has 1 nitrogen and oxygen atoms in total. The predicted octanol–water partition coefficient (Wildman–Crippen LogP) is 7.45. The smallest absolute Gasteiger partial charge is 0.119 e. The van der Waals surface area contributed by atoms with Crippen LogP contribution in [0.25, 0.3) is 0 Å². The van der Waals surface area contributed by atoms with Gasteiger partial charge in [0.2, 0.25) is 0 Å². The Morgan fingerprint density at radius 3 is 2.28 bits per heavy atom. The maximum absolute atomic E-state index is 10.5. The monoisotopic (exact) mass is 410 g/mol. The fraction of sp³-hybridized carbons (Fsp3) is 0.556. The molecule has 5 atom stereocenters. The zero-order chi connectivity index (χ0) is 21.0. The Hall–Kier alpha value is -1.41. The summed E-state index contributed by atoms with van der Waals surface area (Å²) in [5.74, 6) is 3.18. The largest absolute Gasteiger partial charge is 0.508 e. The molecule has 1 saturated carbocycles. The number of thioether (sulfide) groups is 1. The van der Waals surface area contributed by atoms with Crippen molar-refractivity contribution in [2.24, 2.45) is 17.8 Å². The molecule has 3 rings (SSSR count). The first kappa shape index (κ1) is 22.3. The highest BCUT2D eigenvalue weighted by Crippen LogP contribution is 2.48. The van der Waals surface area contributed by atoms with Crippen LogP contribution in [0.3, 0.4) is 0 Å². The summed E-state index contributed by atoms with van der Waals surface area (Å²) < 4.78 is 0. The molecule has 29 heavy (non-hydrogen) atoms. The van der Waals surface area contributed by atoms with E-state index >= 15 is 0 Å². The molecule has 0 amide bonds. The Morgan fingerprint density at radius 1 is 0.966 bits per heavy atom. The van der Waals surface area contributed by atoms with Crippen molar-refractivity contribution in [3.05, 3.63) is 64.7 Å². The molecule has 1 fully saturated rings. The lowest BCUT2D eigenvalue weighted by molar-refractivity contribution is 0.183. The molecule has 0 radical (unpaired) electrons. The predicted molar refractivity (Wildman–Crippen MR) is 128 cm³/mol. The number of phenolic OH excluding ortho intramolecular Hbond substituents is 1. The van der Waals surface area contributed by atoms with Crippen LogP contribution in [0.2, 0.25) is 0 Å². The standard InChI is InChI=1S/C27H38OS/c1-6-8-20-9-11-21(12-10-20)15-24-16-23(13-14-26(24)28)25-17-22(7-2)27(29-5)19(4)18(25)3/h9-14,16,18-19,22,25,27-28H,6-8,15,17H2,1-5H3. The van der Waals surface area contributed by atoms with Gasteiger partial charge in [-0.3, -0.25) is 0 Å². The molecule has 2 heteroatoms. The summed E-state index contributed by atoms with van der Waals surface area (Å²) in [5.41, 5.74) is 5.15. The first-order valence-electron chi connectivity index (χ1n) is 11.4. The van der Waals surface area contributed by atoms with Crippen molar-refractivity contribution >= 4 is 11.8 Å². The molecule has 0 aliphatic heterocycles. The number of benzene rings is 2. The van der Waals surface area contributed by atoms with E-state index in [9.17, 15) is 5.11 Å². The zero-order valence-electron chi connectivity index (χ0n) is 18.8. The molecule has 5 unspecified atom stereocenters. The third-order valence-corrected chi connectivity index (χ3v) is 8.65. The second kappa shape index (κ2) is 10.1. The number of aryl methyl sites for hydroxylation is 1. The Bertz CT molecular complexity index is 780. The Balaban J connectivity index is 1.82. The van der Waals surface area contributed by atoms with Gasteiger partial charge < -0.3 is 5.11 Å². The van der Waals surface area contributed by atoms with Gasteiger partial charge in [-0.15, -0.1) is 0 Å². The van der Waals surface area contributed by atoms with Crippen LogP contribution in [0.1, 0.15) is 75.1 Å². The molecule has 1 aliphatic carbocycles. The van der Waals surface area contributed by atoms with Crippen molar-refractivity contribution < 1.29 is 5.11 Å². The van der Waals surface area contributed by atoms with Crippen LogP contribution < -0.4 is 0 Å². The molecule has 0 spiro atoms. The quantitative estimate of drug-likeness (QED) is 0.511. The number of hydrogen-bond donors (Lipinski definition) is 1. The minimum atomic E-state index is 0.428. The second-order valence-corrected chi connectivity index (χ2v) is 10.1. The topological polar surface area (TPSA) is 20.2 Å². The summed E-state index contributed by atoms with van der Waals surface area (Å²) in [6.45, 7) is 9.44. The van der Waals surface area contributed by atoms with Crippen LogP contribution in [0, 0.1) is 17.8 Å². The van der Waals surface area contributed by atoms with Crippen LogP contribution in [-0.2, 0) is 12.8 Å². The maximum atomic E-state index is 10.5. The highest BCUT2D eigenvalue weighted by molar-refractivity contribution is 7.99. The van der Waals surface area contributed by atoms with Gasteiger partial charge in [-0.2, -0.15) is 11.8 Å². The average molecular weight is 411 g/mol. The maximum Gasteiger partial charge on any atom is 0.119 e. The van der Waals surface area contributed by atoms with E-state index in [4.69, 9.17) is 0 Å². The Morgan fingerprint density at radius 2 is 1.66 bits per heavy atom. The van der Waals surface area contributed by atoms with Gasteiger partial charge in [-0.05, 0) is 71.1 Å². The summed E-state index contributed by atoms with van der Waals surface area (Å²) in [4.78, 5) is 0. The summed E-state index contributed by atoms with van der Waals surface area (Å²) >= 11 is 2.06. The van der Waals surface area contributed by atoms with Gasteiger partial charge >= 0.3 is 0 Å². The SMILES string of the molecule is CCCc1ccc(Cc2cc(C3CC(CC)C(SC)C(C)C3C)ccc2O)cc1. The second-order valence-electron chi connectivity index (χ2n) is 9.06. The zero-order valence-corrected chi connectivity index (χ0v) is 19.6. The van der Waals surface area contributed by atoms with E-state index in [2.05, 4.69) is 82.1 Å². The van der Waals surface area contributed by atoms with E-state index in [1.165, 1.54) is 36.0 Å². The molecular weight excluding hydrogens is 372 g/mol. The number of rotatable bonds is 7. The van der Waals surface area contributed by atoms with E-state index in [1.807, 2.05) is 6.07 Å². The van der Waals surface area contributed by atoms with E-state index in [0.29, 0.717) is 17.6 Å². The molecule has 2 aromatic rings. The van der Waals surface area contributed by atoms with Gasteiger partial charge in [0.1, 0.15) is 5.75 Å². The number of aromatic hydroxyl groups is 1. The van der Waals surface area contributed by atoms with Crippen LogP contribution in [-0.4, -0.2) is 16.6 Å². The first-order valence-corrected chi connectivity index (χ1v) is 12.7. The molecular formula is C27H38OS. The van der Waals surface area contributed by atoms with Crippen molar-refractivity contribution in [2.75, 3.05) is 6.26 Å². The molecule has 0 bridgehead atoms. The summed E-state index contributed by atoms with van der Waals surface area (Å²) in [6, 6.07) is 15.3. The summed E-state index contributed by atoms with van der Waals surface area (Å²) in [6.07, 6.45) is 7.91. The normalized spacial score (nSPS) is 27.1. The molecule has 0 heterocycles. The molecule has 2 aromatic carbocycles. The minimum absolute atomic E-state index is 0.428. The van der Waals surface area contributed by atoms with Crippen LogP contribution in [0.4, 0.5) is 0 Å². The van der Waals surface area contributed by atoms with Crippen molar-refractivity contribution in [3.63, 3.8) is 0 Å². The molecule has 158 valence electrons. The van der Waals surface area contributed by atoms with Gasteiger partial charge in [0.05, 0.1) is 0 Å². The van der Waals surface area contributed by atoms with E-state index in [1.54, 1.807) is 0 Å². The van der Waals surface area contributed by atoms with E-state index in [-0.39, 0.29) is 0 Å². The first-order chi connectivity index (χ1) is 14.0. The summed E-state index contributed by atoms with van der Waals surface area (Å²) in [5, 5.41) is 11.3. The molecule has 0 aromatic heterocycles. The number of hydrogen-bond acceptors (Lipinski definition) is 2. The number of phenols is 1. The highest BCUT2D eigenvalue weighted by Gasteiger charge is 2.39. The van der Waals surface area contributed by atoms with Crippen LogP contribution in [0.5, 0.6) is 5.75 Å². The fourth-order valence-corrected chi connectivity index (χ4v) is 6.69. The third kappa shape index (κ3) is 5.02. The van der Waals surface area contributed by atoms with Gasteiger partial charge in [-0.25, -0.2) is 0 Å². The van der Waals surface area contributed by atoms with Crippen molar-refractivity contribution in [2.45, 2.75) is 71.0 Å². The fourth-order valence-electron chi connectivity index (χ4n) is 5.33. The molecule has 1 aliphatic rings. The van der Waals surface area contributed by atoms with Crippen molar-refractivity contribution in [3.8, 4) is 5.75 Å². The van der Waals surface area contributed by atoms with Gasteiger partial charge in [0.15, 0.2) is 0 Å².